The molecule has 1 saturated heterocycles. The lowest BCUT2D eigenvalue weighted by atomic mass is 10.1. The fourth-order valence-electron chi connectivity index (χ4n) is 3.01. The molecule has 1 aliphatic rings. The molecule has 1 fully saturated rings. The van der Waals surface area contributed by atoms with Crippen LogP contribution in [0.5, 0.6) is 0 Å². The molecule has 1 aliphatic heterocycles. The number of amides is 1. The quantitative estimate of drug-likeness (QED) is 0.913. The molecule has 2 rings (SSSR count). The second kappa shape index (κ2) is 7.51. The third-order valence-corrected chi connectivity index (χ3v) is 4.11. The van der Waals surface area contributed by atoms with Crippen LogP contribution in [-0.2, 0) is 18.3 Å². The second-order valence-corrected chi connectivity index (χ2v) is 7.91. The van der Waals surface area contributed by atoms with Crippen molar-refractivity contribution in [2.24, 2.45) is 7.05 Å². The highest BCUT2D eigenvalue weighted by Crippen LogP contribution is 2.16. The van der Waals surface area contributed by atoms with Crippen molar-refractivity contribution in [1.29, 1.82) is 0 Å². The molecule has 1 N–H and O–H groups in total. The minimum Gasteiger partial charge on any atom is -0.444 e. The van der Waals surface area contributed by atoms with Gasteiger partial charge in [-0.25, -0.2) is 4.79 Å². The molecular weight excluding hydrogens is 306 g/mol. The predicted molar refractivity (Wildman–Crippen MR) is 92.8 cm³/mol. The van der Waals surface area contributed by atoms with Crippen LogP contribution in [0, 0.1) is 0 Å². The lowest BCUT2D eigenvalue weighted by molar-refractivity contribution is 0.0469. The zero-order valence-electron chi connectivity index (χ0n) is 15.8. The Bertz CT molecular complexity index is 562. The standard InChI is InChI=1S/C17H31N5O2/c1-12(2)15-20-19-14(21(15)6)11-22-9-7-8-13(10-22)18-16(23)24-17(3,4)5/h12-13H,7-11H2,1-6H3,(H,18,23)/t13-/m1/s1. The number of aromatic nitrogens is 3. The molecule has 0 saturated carbocycles. The molecule has 0 bridgehead atoms. The zero-order chi connectivity index (χ0) is 17.9. The summed E-state index contributed by atoms with van der Waals surface area (Å²) < 4.78 is 7.43. The van der Waals surface area contributed by atoms with E-state index in [2.05, 4.69) is 38.8 Å². The fourth-order valence-corrected chi connectivity index (χ4v) is 3.01. The first kappa shape index (κ1) is 18.7. The molecular formula is C17H31N5O2. The van der Waals surface area contributed by atoms with Crippen LogP contribution in [0.2, 0.25) is 0 Å². The average Bonchev–Trinajstić information content (AvgIpc) is 2.78. The largest absolute Gasteiger partial charge is 0.444 e. The van der Waals surface area contributed by atoms with Crippen LogP contribution in [0.3, 0.4) is 0 Å². The molecule has 1 aromatic heterocycles. The second-order valence-electron chi connectivity index (χ2n) is 7.91. The van der Waals surface area contributed by atoms with Gasteiger partial charge in [-0.15, -0.1) is 10.2 Å². The Morgan fingerprint density at radius 2 is 2.08 bits per heavy atom. The molecule has 1 atom stereocenters. The van der Waals surface area contributed by atoms with Crippen molar-refractivity contribution in [3.05, 3.63) is 11.6 Å². The maximum absolute atomic E-state index is 11.9. The monoisotopic (exact) mass is 337 g/mol. The Balaban J connectivity index is 1.90. The number of carbonyl (C=O) groups excluding carboxylic acids is 1. The van der Waals surface area contributed by atoms with Crippen LogP contribution in [-0.4, -0.2) is 50.5 Å². The number of piperidine rings is 1. The number of ether oxygens (including phenoxy) is 1. The zero-order valence-corrected chi connectivity index (χ0v) is 15.8. The lowest BCUT2D eigenvalue weighted by Crippen LogP contribution is -2.48. The van der Waals surface area contributed by atoms with Crippen molar-refractivity contribution in [2.75, 3.05) is 13.1 Å². The van der Waals surface area contributed by atoms with Crippen LogP contribution < -0.4 is 5.32 Å². The first-order valence-electron chi connectivity index (χ1n) is 8.75. The van der Waals surface area contributed by atoms with Gasteiger partial charge in [0.1, 0.15) is 17.2 Å². The Morgan fingerprint density at radius 1 is 1.38 bits per heavy atom. The molecule has 0 radical (unpaired) electrons. The van der Waals surface area contributed by atoms with Gasteiger partial charge < -0.3 is 14.6 Å². The first-order valence-corrected chi connectivity index (χ1v) is 8.75. The molecule has 136 valence electrons. The third kappa shape index (κ3) is 5.19. The SMILES string of the molecule is CC(C)c1nnc(CN2CCC[C@@H](NC(=O)OC(C)(C)C)C2)n1C. The van der Waals surface area contributed by atoms with E-state index in [0.29, 0.717) is 5.92 Å². The number of alkyl carbamates (subject to hydrolysis) is 1. The van der Waals surface area contributed by atoms with E-state index in [1.54, 1.807) is 0 Å². The van der Waals surface area contributed by atoms with Gasteiger partial charge in [-0.2, -0.15) is 0 Å². The molecule has 1 amide bonds. The van der Waals surface area contributed by atoms with E-state index in [1.165, 1.54) is 0 Å². The van der Waals surface area contributed by atoms with Gasteiger partial charge in [-0.3, -0.25) is 4.90 Å². The van der Waals surface area contributed by atoms with Gasteiger partial charge in [0.05, 0.1) is 6.54 Å². The van der Waals surface area contributed by atoms with E-state index in [-0.39, 0.29) is 12.1 Å². The third-order valence-electron chi connectivity index (χ3n) is 4.11. The summed E-state index contributed by atoms with van der Waals surface area (Å²) in [5, 5.41) is 11.6. The molecule has 7 nitrogen and oxygen atoms in total. The van der Waals surface area contributed by atoms with Crippen molar-refractivity contribution in [3.8, 4) is 0 Å². The van der Waals surface area contributed by atoms with Crippen LogP contribution in [0.25, 0.3) is 0 Å². The minimum atomic E-state index is -0.468. The van der Waals surface area contributed by atoms with Gasteiger partial charge >= 0.3 is 6.09 Å². The van der Waals surface area contributed by atoms with E-state index in [9.17, 15) is 4.79 Å². The van der Waals surface area contributed by atoms with Crippen LogP contribution in [0.1, 0.15) is 65.0 Å². The molecule has 0 aromatic carbocycles. The lowest BCUT2D eigenvalue weighted by Gasteiger charge is -2.33. The van der Waals surface area contributed by atoms with Crippen LogP contribution in [0.15, 0.2) is 0 Å². The smallest absolute Gasteiger partial charge is 0.407 e. The number of hydrogen-bond donors (Lipinski definition) is 1. The summed E-state index contributed by atoms with van der Waals surface area (Å²) >= 11 is 0. The summed E-state index contributed by atoms with van der Waals surface area (Å²) in [6, 6.07) is 0.117. The summed E-state index contributed by atoms with van der Waals surface area (Å²) in [5.74, 6) is 2.33. The Labute approximate surface area is 144 Å². The number of hydrogen-bond acceptors (Lipinski definition) is 5. The molecule has 2 heterocycles. The highest BCUT2D eigenvalue weighted by atomic mass is 16.6. The maximum Gasteiger partial charge on any atom is 0.407 e. The van der Waals surface area contributed by atoms with E-state index in [0.717, 1.165) is 44.1 Å². The van der Waals surface area contributed by atoms with Gasteiger partial charge in [0.2, 0.25) is 0 Å². The van der Waals surface area contributed by atoms with Crippen molar-refractivity contribution < 1.29 is 9.53 Å². The van der Waals surface area contributed by atoms with Crippen LogP contribution in [0.4, 0.5) is 4.79 Å². The van der Waals surface area contributed by atoms with Crippen molar-refractivity contribution in [3.63, 3.8) is 0 Å². The molecule has 1 aromatic rings. The van der Waals surface area contributed by atoms with Gasteiger partial charge in [0.25, 0.3) is 0 Å². The topological polar surface area (TPSA) is 72.3 Å². The number of rotatable bonds is 4. The van der Waals surface area contributed by atoms with E-state index < -0.39 is 5.60 Å². The number of carbonyl (C=O) groups is 1. The predicted octanol–water partition coefficient (Wildman–Crippen LogP) is 2.43. The molecule has 24 heavy (non-hydrogen) atoms. The minimum absolute atomic E-state index is 0.117. The molecule has 0 unspecified atom stereocenters. The molecule has 7 heteroatoms. The maximum atomic E-state index is 11.9. The van der Waals surface area contributed by atoms with Crippen molar-refractivity contribution >= 4 is 6.09 Å². The Kier molecular flexibility index (Phi) is 5.85. The van der Waals surface area contributed by atoms with Gasteiger partial charge in [0, 0.05) is 25.6 Å². The Morgan fingerprint density at radius 3 is 2.67 bits per heavy atom. The highest BCUT2D eigenvalue weighted by molar-refractivity contribution is 5.68. The average molecular weight is 337 g/mol. The van der Waals surface area contributed by atoms with Gasteiger partial charge in [0.15, 0.2) is 0 Å². The summed E-state index contributed by atoms with van der Waals surface area (Å²) in [6.07, 6.45) is 1.69. The molecule has 0 spiro atoms. The summed E-state index contributed by atoms with van der Waals surface area (Å²) in [7, 11) is 2.02. The number of likely N-dealkylation sites (tertiary alicyclic amines) is 1. The number of nitrogens with zero attached hydrogens (tertiary/aromatic N) is 4. The van der Waals surface area contributed by atoms with Crippen molar-refractivity contribution in [2.45, 2.75) is 71.6 Å². The van der Waals surface area contributed by atoms with Crippen LogP contribution >= 0.6 is 0 Å². The van der Waals surface area contributed by atoms with Gasteiger partial charge in [-0.1, -0.05) is 13.8 Å². The first-order chi connectivity index (χ1) is 11.2. The van der Waals surface area contributed by atoms with E-state index in [4.69, 9.17) is 4.74 Å². The summed E-state index contributed by atoms with van der Waals surface area (Å²) in [4.78, 5) is 14.3. The van der Waals surface area contributed by atoms with E-state index in [1.807, 2.05) is 27.8 Å². The normalized spacial score (nSPS) is 19.5. The van der Waals surface area contributed by atoms with E-state index >= 15 is 0 Å². The van der Waals surface area contributed by atoms with Gasteiger partial charge in [-0.05, 0) is 40.2 Å². The summed E-state index contributed by atoms with van der Waals surface area (Å²) in [6.45, 7) is 12.4. The van der Waals surface area contributed by atoms with Crippen molar-refractivity contribution in [1.82, 2.24) is 25.0 Å². The fraction of sp³-hybridized carbons (Fsp3) is 0.824. The highest BCUT2D eigenvalue weighted by Gasteiger charge is 2.25. The summed E-state index contributed by atoms with van der Waals surface area (Å²) in [5.41, 5.74) is -0.468. The molecule has 0 aliphatic carbocycles. The Hall–Kier alpha value is -1.63. The number of nitrogens with one attached hydrogen (secondary N) is 1.